The van der Waals surface area contributed by atoms with E-state index in [9.17, 15) is 13.6 Å². The lowest BCUT2D eigenvalue weighted by atomic mass is 9.95. The molecule has 1 aliphatic carbocycles. The zero-order chi connectivity index (χ0) is 11.0. The van der Waals surface area contributed by atoms with Gasteiger partial charge in [0.15, 0.2) is 11.6 Å². The van der Waals surface area contributed by atoms with Crippen LogP contribution < -0.4 is 0 Å². The van der Waals surface area contributed by atoms with Crippen LogP contribution in [0.1, 0.15) is 36.3 Å². The van der Waals surface area contributed by atoms with E-state index in [1.54, 1.807) is 0 Å². The molecule has 1 aromatic carbocycles. The van der Waals surface area contributed by atoms with Gasteiger partial charge in [-0.1, -0.05) is 12.1 Å². The average Bonchev–Trinajstić information content (AvgIpc) is 2.62. The molecule has 2 rings (SSSR count). The molecule has 1 aliphatic rings. The molecule has 80 valence electrons. The highest BCUT2D eigenvalue weighted by molar-refractivity contribution is 5.87. The lowest BCUT2D eigenvalue weighted by Gasteiger charge is -2.10. The monoisotopic (exact) mass is 210 g/mol. The normalized spacial score (nSPS) is 21.0. The van der Waals surface area contributed by atoms with Gasteiger partial charge < -0.3 is 0 Å². The van der Waals surface area contributed by atoms with E-state index in [0.29, 0.717) is 12.8 Å². The summed E-state index contributed by atoms with van der Waals surface area (Å²) in [5.41, 5.74) is 0.502. The molecule has 15 heavy (non-hydrogen) atoms. The first-order valence-electron chi connectivity index (χ1n) is 5.08. The summed E-state index contributed by atoms with van der Waals surface area (Å²) in [6.07, 6.45) is 1.90. The second-order valence-electron chi connectivity index (χ2n) is 4.01. The smallest absolute Gasteiger partial charge is 0.163 e. The summed E-state index contributed by atoms with van der Waals surface area (Å²) in [7, 11) is 0. The van der Waals surface area contributed by atoms with Gasteiger partial charge in [-0.2, -0.15) is 0 Å². The Morgan fingerprint density at radius 2 is 2.00 bits per heavy atom. The van der Waals surface area contributed by atoms with Crippen LogP contribution in [0, 0.1) is 18.6 Å². The van der Waals surface area contributed by atoms with Gasteiger partial charge in [0.25, 0.3) is 0 Å². The van der Waals surface area contributed by atoms with E-state index in [1.807, 2.05) is 0 Å². The Hall–Kier alpha value is -1.25. The SMILES string of the molecule is Cc1ccc(C2CCCC2=O)c(F)c1F. The van der Waals surface area contributed by atoms with Crippen molar-refractivity contribution in [3.05, 3.63) is 34.9 Å². The van der Waals surface area contributed by atoms with Crippen molar-refractivity contribution in [2.24, 2.45) is 0 Å². The molecule has 0 bridgehead atoms. The standard InChI is InChI=1S/C12H12F2O/c1-7-5-6-9(12(14)11(7)13)8-3-2-4-10(8)15/h5-6,8H,2-4H2,1H3. The van der Waals surface area contributed by atoms with Gasteiger partial charge in [0.2, 0.25) is 0 Å². The molecule has 0 aliphatic heterocycles. The molecule has 0 aromatic heterocycles. The minimum absolute atomic E-state index is 0.0251. The van der Waals surface area contributed by atoms with Crippen LogP contribution in [0.3, 0.4) is 0 Å². The maximum absolute atomic E-state index is 13.6. The van der Waals surface area contributed by atoms with Crippen molar-refractivity contribution in [2.45, 2.75) is 32.1 Å². The van der Waals surface area contributed by atoms with E-state index in [2.05, 4.69) is 0 Å². The van der Waals surface area contributed by atoms with Crippen molar-refractivity contribution in [1.82, 2.24) is 0 Å². The van der Waals surface area contributed by atoms with E-state index in [0.717, 1.165) is 6.42 Å². The molecule has 3 heteroatoms. The molecule has 0 amide bonds. The zero-order valence-electron chi connectivity index (χ0n) is 8.52. The Labute approximate surface area is 87.1 Å². The van der Waals surface area contributed by atoms with E-state index in [4.69, 9.17) is 0 Å². The fourth-order valence-corrected chi connectivity index (χ4v) is 2.07. The molecule has 1 unspecified atom stereocenters. The number of halogens is 2. The average molecular weight is 210 g/mol. The highest BCUT2D eigenvalue weighted by Gasteiger charge is 2.29. The maximum Gasteiger partial charge on any atom is 0.163 e. The molecule has 0 saturated heterocycles. The van der Waals surface area contributed by atoms with Crippen LogP contribution in [0.2, 0.25) is 0 Å². The van der Waals surface area contributed by atoms with Crippen LogP contribution in [0.5, 0.6) is 0 Å². The van der Waals surface area contributed by atoms with Crippen LogP contribution in [0.15, 0.2) is 12.1 Å². The Morgan fingerprint density at radius 3 is 2.60 bits per heavy atom. The second kappa shape index (κ2) is 3.72. The fraction of sp³-hybridized carbons (Fsp3) is 0.417. The van der Waals surface area contributed by atoms with E-state index in [-0.39, 0.29) is 16.9 Å². The number of hydrogen-bond acceptors (Lipinski definition) is 1. The molecular weight excluding hydrogens is 198 g/mol. The summed E-state index contributed by atoms with van der Waals surface area (Å²) in [6.45, 7) is 1.51. The first kappa shape index (κ1) is 10.3. The van der Waals surface area contributed by atoms with Crippen LogP contribution in [0.25, 0.3) is 0 Å². The lowest BCUT2D eigenvalue weighted by Crippen LogP contribution is -2.08. The summed E-state index contributed by atoms with van der Waals surface area (Å²) in [5.74, 6) is -2.08. The summed E-state index contributed by atoms with van der Waals surface area (Å²) in [6, 6.07) is 3.06. The highest BCUT2D eigenvalue weighted by atomic mass is 19.2. The molecule has 1 saturated carbocycles. The van der Waals surface area contributed by atoms with Crippen LogP contribution in [0.4, 0.5) is 8.78 Å². The third-order valence-electron chi connectivity index (χ3n) is 2.99. The summed E-state index contributed by atoms with van der Waals surface area (Å²) >= 11 is 0. The van der Waals surface area contributed by atoms with E-state index >= 15 is 0 Å². The van der Waals surface area contributed by atoms with Crippen molar-refractivity contribution in [3.63, 3.8) is 0 Å². The van der Waals surface area contributed by atoms with Crippen molar-refractivity contribution in [3.8, 4) is 0 Å². The van der Waals surface area contributed by atoms with E-state index < -0.39 is 17.6 Å². The largest absolute Gasteiger partial charge is 0.299 e. The van der Waals surface area contributed by atoms with Crippen molar-refractivity contribution < 1.29 is 13.6 Å². The topological polar surface area (TPSA) is 17.1 Å². The number of hydrogen-bond donors (Lipinski definition) is 0. The highest BCUT2D eigenvalue weighted by Crippen LogP contribution is 2.33. The van der Waals surface area contributed by atoms with E-state index in [1.165, 1.54) is 19.1 Å². The predicted molar refractivity (Wildman–Crippen MR) is 52.7 cm³/mol. The number of aryl methyl sites for hydroxylation is 1. The van der Waals surface area contributed by atoms with Gasteiger partial charge in [0, 0.05) is 17.9 Å². The quantitative estimate of drug-likeness (QED) is 0.696. The molecule has 1 nitrogen and oxygen atoms in total. The molecular formula is C12H12F2O. The molecule has 0 heterocycles. The molecule has 0 radical (unpaired) electrons. The van der Waals surface area contributed by atoms with Gasteiger partial charge in [-0.05, 0) is 25.3 Å². The van der Waals surface area contributed by atoms with Gasteiger partial charge in [0.05, 0.1) is 0 Å². The van der Waals surface area contributed by atoms with Gasteiger partial charge in [-0.3, -0.25) is 4.79 Å². The van der Waals surface area contributed by atoms with Crippen LogP contribution >= 0.6 is 0 Å². The van der Waals surface area contributed by atoms with Gasteiger partial charge in [-0.15, -0.1) is 0 Å². The molecule has 1 aromatic rings. The summed E-state index contributed by atoms with van der Waals surface area (Å²) in [4.78, 5) is 11.4. The second-order valence-corrected chi connectivity index (χ2v) is 4.01. The first-order chi connectivity index (χ1) is 7.11. The summed E-state index contributed by atoms with van der Waals surface area (Å²) < 4.78 is 26.8. The van der Waals surface area contributed by atoms with Gasteiger partial charge in [0.1, 0.15) is 5.78 Å². The van der Waals surface area contributed by atoms with Gasteiger partial charge in [-0.25, -0.2) is 8.78 Å². The Morgan fingerprint density at radius 1 is 1.27 bits per heavy atom. The first-order valence-corrected chi connectivity index (χ1v) is 5.08. The van der Waals surface area contributed by atoms with Gasteiger partial charge >= 0.3 is 0 Å². The van der Waals surface area contributed by atoms with Crippen molar-refractivity contribution in [1.29, 1.82) is 0 Å². The number of carbonyl (C=O) groups is 1. The number of carbonyl (C=O) groups excluding carboxylic acids is 1. The number of benzene rings is 1. The third-order valence-corrected chi connectivity index (χ3v) is 2.99. The minimum Gasteiger partial charge on any atom is -0.299 e. The predicted octanol–water partition coefficient (Wildman–Crippen LogP) is 3.11. The van der Waals surface area contributed by atoms with Crippen LogP contribution in [-0.2, 0) is 4.79 Å². The number of rotatable bonds is 1. The Kier molecular flexibility index (Phi) is 2.55. The third kappa shape index (κ3) is 1.66. The Bertz CT molecular complexity index is 412. The zero-order valence-corrected chi connectivity index (χ0v) is 8.52. The van der Waals surface area contributed by atoms with Crippen LogP contribution in [-0.4, -0.2) is 5.78 Å². The molecule has 0 spiro atoms. The molecule has 0 N–H and O–H groups in total. The molecule has 1 atom stereocenters. The minimum atomic E-state index is -0.852. The lowest BCUT2D eigenvalue weighted by molar-refractivity contribution is -0.118. The Balaban J connectivity index is 2.45. The fourth-order valence-electron chi connectivity index (χ4n) is 2.07. The summed E-state index contributed by atoms with van der Waals surface area (Å²) in [5, 5.41) is 0. The maximum atomic E-state index is 13.6. The van der Waals surface area contributed by atoms with Crippen molar-refractivity contribution >= 4 is 5.78 Å². The van der Waals surface area contributed by atoms with Crippen molar-refractivity contribution in [2.75, 3.05) is 0 Å². The number of ketones is 1. The molecule has 1 fully saturated rings. The number of Topliss-reactive ketones (excluding diaryl/α,β-unsaturated/α-hetero) is 1.